The lowest BCUT2D eigenvalue weighted by atomic mass is 9.95. The van der Waals surface area contributed by atoms with Crippen LogP contribution in [0.4, 0.5) is 4.79 Å². The highest BCUT2D eigenvalue weighted by molar-refractivity contribution is 6.00. The number of imidazole rings is 1. The van der Waals surface area contributed by atoms with Crippen molar-refractivity contribution in [2.24, 2.45) is 13.0 Å². The second kappa shape index (κ2) is 10.1. The van der Waals surface area contributed by atoms with Crippen molar-refractivity contribution in [1.82, 2.24) is 24.3 Å². The third-order valence-electron chi connectivity index (χ3n) is 7.59. The first-order valence-corrected chi connectivity index (χ1v) is 13.4. The number of nitrogens with zero attached hydrogens (tertiary/aromatic N) is 4. The van der Waals surface area contributed by atoms with Crippen LogP contribution in [0.15, 0.2) is 23.0 Å². The molecule has 3 fully saturated rings. The van der Waals surface area contributed by atoms with Gasteiger partial charge in [0.15, 0.2) is 0 Å². The summed E-state index contributed by atoms with van der Waals surface area (Å²) in [5.41, 5.74) is 0.564. The summed E-state index contributed by atoms with van der Waals surface area (Å²) in [5, 5.41) is 2.33. The van der Waals surface area contributed by atoms with Crippen molar-refractivity contribution in [2.45, 2.75) is 64.2 Å². The highest BCUT2D eigenvalue weighted by atomic mass is 16.6. The zero-order valence-electron chi connectivity index (χ0n) is 22.6. The minimum Gasteiger partial charge on any atom is -0.488 e. The first kappa shape index (κ1) is 26.3. The number of imide groups is 1. The van der Waals surface area contributed by atoms with Crippen molar-refractivity contribution in [3.05, 3.63) is 28.7 Å². The van der Waals surface area contributed by atoms with Gasteiger partial charge >= 0.3 is 11.8 Å². The first-order chi connectivity index (χ1) is 18.0. The molecule has 5 rings (SSSR count). The van der Waals surface area contributed by atoms with Gasteiger partial charge in [-0.15, -0.1) is 0 Å². The summed E-state index contributed by atoms with van der Waals surface area (Å²) in [5.74, 6) is 0.480. The van der Waals surface area contributed by atoms with Gasteiger partial charge in [-0.2, -0.15) is 0 Å². The average molecular weight is 528 g/mol. The van der Waals surface area contributed by atoms with Crippen LogP contribution in [-0.4, -0.2) is 81.3 Å². The van der Waals surface area contributed by atoms with Gasteiger partial charge in [0.1, 0.15) is 23.5 Å². The maximum atomic E-state index is 13.0. The predicted molar refractivity (Wildman–Crippen MR) is 140 cm³/mol. The molecular formula is C27H37N5O6. The number of likely N-dealkylation sites (tertiary alicyclic amines) is 2. The maximum absolute atomic E-state index is 13.0. The van der Waals surface area contributed by atoms with Crippen LogP contribution in [0.3, 0.4) is 0 Å². The summed E-state index contributed by atoms with van der Waals surface area (Å²) < 4.78 is 14.7. The number of piperidine rings is 2. The molecule has 38 heavy (non-hydrogen) atoms. The molecule has 11 heteroatoms. The second-order valence-electron chi connectivity index (χ2n) is 11.7. The number of carbonyl (C=O) groups excluding carboxylic acids is 3. The van der Waals surface area contributed by atoms with E-state index in [1.165, 1.54) is 9.13 Å². The van der Waals surface area contributed by atoms with Gasteiger partial charge < -0.3 is 14.4 Å². The SMILES string of the molecule is Cn1c(=O)n(C2CCC(=O)NC2=O)c2ccc(OC3CN(CC4CCN(C(=O)OC(C)(C)C)CC4)C3)cc21. The van der Waals surface area contributed by atoms with E-state index < -0.39 is 17.6 Å². The van der Waals surface area contributed by atoms with Crippen molar-refractivity contribution in [1.29, 1.82) is 0 Å². The first-order valence-electron chi connectivity index (χ1n) is 13.4. The molecule has 0 bridgehead atoms. The lowest BCUT2D eigenvalue weighted by Gasteiger charge is -2.42. The molecular weight excluding hydrogens is 490 g/mol. The van der Waals surface area contributed by atoms with Gasteiger partial charge in [0.2, 0.25) is 11.8 Å². The number of carbonyl (C=O) groups is 3. The Bertz CT molecular complexity index is 1290. The fraction of sp³-hybridized carbons (Fsp3) is 0.630. The maximum Gasteiger partial charge on any atom is 0.410 e. The van der Waals surface area contributed by atoms with Crippen LogP contribution >= 0.6 is 0 Å². The topological polar surface area (TPSA) is 115 Å². The van der Waals surface area contributed by atoms with Crippen molar-refractivity contribution in [3.63, 3.8) is 0 Å². The number of benzene rings is 1. The van der Waals surface area contributed by atoms with E-state index in [4.69, 9.17) is 9.47 Å². The Labute approximate surface area is 221 Å². The molecule has 206 valence electrons. The van der Waals surface area contributed by atoms with Gasteiger partial charge in [0.25, 0.3) is 0 Å². The lowest BCUT2D eigenvalue weighted by molar-refractivity contribution is -0.135. The Morgan fingerprint density at radius 1 is 1.05 bits per heavy atom. The van der Waals surface area contributed by atoms with E-state index >= 15 is 0 Å². The smallest absolute Gasteiger partial charge is 0.410 e. The minimum atomic E-state index is -0.702. The quantitative estimate of drug-likeness (QED) is 0.592. The molecule has 2 aromatic rings. The van der Waals surface area contributed by atoms with Crippen molar-refractivity contribution < 1.29 is 23.9 Å². The van der Waals surface area contributed by atoms with Crippen LogP contribution < -0.4 is 15.7 Å². The number of fused-ring (bicyclic) bond motifs is 1. The van der Waals surface area contributed by atoms with E-state index in [1.807, 2.05) is 39.0 Å². The van der Waals surface area contributed by atoms with E-state index in [-0.39, 0.29) is 30.2 Å². The molecule has 3 aliphatic heterocycles. The molecule has 1 aromatic carbocycles. The zero-order valence-corrected chi connectivity index (χ0v) is 22.6. The highest BCUT2D eigenvalue weighted by Crippen LogP contribution is 2.28. The zero-order chi connectivity index (χ0) is 27.2. The second-order valence-corrected chi connectivity index (χ2v) is 11.7. The molecule has 0 spiro atoms. The van der Waals surface area contributed by atoms with Crippen LogP contribution in [0.1, 0.15) is 52.5 Å². The van der Waals surface area contributed by atoms with Crippen LogP contribution in [0.25, 0.3) is 11.0 Å². The largest absolute Gasteiger partial charge is 0.488 e. The fourth-order valence-electron chi connectivity index (χ4n) is 5.57. The third kappa shape index (κ3) is 5.43. The third-order valence-corrected chi connectivity index (χ3v) is 7.59. The van der Waals surface area contributed by atoms with Gasteiger partial charge in [-0.1, -0.05) is 0 Å². The van der Waals surface area contributed by atoms with Crippen LogP contribution in [0.2, 0.25) is 0 Å². The molecule has 0 radical (unpaired) electrons. The molecule has 1 N–H and O–H groups in total. The molecule has 0 aliphatic carbocycles. The number of rotatable bonds is 5. The Morgan fingerprint density at radius 3 is 2.42 bits per heavy atom. The standard InChI is InChI=1S/C27H37N5O6/c1-27(2,3)38-26(36)31-11-9-17(10-12-31)14-30-15-19(16-30)37-18-5-6-20-22(13-18)29(4)25(35)32(20)21-7-8-23(33)28-24(21)34/h5-6,13,17,19,21H,7-12,14-16H2,1-4H3,(H,28,33,34). The van der Waals surface area contributed by atoms with Gasteiger partial charge in [-0.3, -0.25) is 28.9 Å². The summed E-state index contributed by atoms with van der Waals surface area (Å²) >= 11 is 0. The molecule has 1 atom stereocenters. The predicted octanol–water partition coefficient (Wildman–Crippen LogP) is 2.03. The minimum absolute atomic E-state index is 0.0727. The Kier molecular flexibility index (Phi) is 6.97. The van der Waals surface area contributed by atoms with Crippen LogP contribution in [-0.2, 0) is 21.4 Å². The summed E-state index contributed by atoms with van der Waals surface area (Å²) in [6.45, 7) is 9.77. The van der Waals surface area contributed by atoms with Crippen molar-refractivity contribution >= 4 is 28.9 Å². The Morgan fingerprint density at radius 2 is 1.76 bits per heavy atom. The van der Waals surface area contributed by atoms with Gasteiger partial charge in [-0.25, -0.2) is 9.59 Å². The Hall–Kier alpha value is -3.34. The lowest BCUT2D eigenvalue weighted by Crippen LogP contribution is -2.55. The normalized spacial score (nSPS) is 21.9. The van der Waals surface area contributed by atoms with Crippen LogP contribution in [0, 0.1) is 5.92 Å². The molecule has 3 saturated heterocycles. The monoisotopic (exact) mass is 527 g/mol. The highest BCUT2D eigenvalue weighted by Gasteiger charge is 2.34. The Balaban J connectivity index is 1.13. The molecule has 1 aromatic heterocycles. The number of hydrogen-bond donors (Lipinski definition) is 1. The molecule has 0 saturated carbocycles. The fourth-order valence-corrected chi connectivity index (χ4v) is 5.57. The van der Waals surface area contributed by atoms with E-state index in [0.717, 1.165) is 45.6 Å². The number of amides is 3. The summed E-state index contributed by atoms with van der Waals surface area (Å²) in [7, 11) is 1.68. The molecule has 11 nitrogen and oxygen atoms in total. The van der Waals surface area contributed by atoms with E-state index in [0.29, 0.717) is 29.1 Å². The average Bonchev–Trinajstić information content (AvgIpc) is 3.07. The number of ether oxygens (including phenoxy) is 2. The van der Waals surface area contributed by atoms with Gasteiger partial charge in [-0.05, 0) is 58.1 Å². The van der Waals surface area contributed by atoms with E-state index in [2.05, 4.69) is 10.2 Å². The number of aromatic nitrogens is 2. The molecule has 3 aliphatic rings. The summed E-state index contributed by atoms with van der Waals surface area (Å²) in [4.78, 5) is 53.3. The van der Waals surface area contributed by atoms with Crippen molar-refractivity contribution in [3.8, 4) is 5.75 Å². The van der Waals surface area contributed by atoms with E-state index in [1.54, 1.807) is 11.9 Å². The van der Waals surface area contributed by atoms with Gasteiger partial charge in [0, 0.05) is 52.3 Å². The van der Waals surface area contributed by atoms with Crippen molar-refractivity contribution in [2.75, 3.05) is 32.7 Å². The van der Waals surface area contributed by atoms with Gasteiger partial charge in [0.05, 0.1) is 11.0 Å². The summed E-state index contributed by atoms with van der Waals surface area (Å²) in [6, 6.07) is 4.78. The molecule has 3 amide bonds. The molecule has 4 heterocycles. The number of aryl methyl sites for hydroxylation is 1. The van der Waals surface area contributed by atoms with Crippen LogP contribution in [0.5, 0.6) is 5.75 Å². The van der Waals surface area contributed by atoms with E-state index in [9.17, 15) is 19.2 Å². The molecule has 1 unspecified atom stereocenters. The number of nitrogens with one attached hydrogen (secondary N) is 1. The number of hydrogen-bond acceptors (Lipinski definition) is 7. The summed E-state index contributed by atoms with van der Waals surface area (Å²) in [6.07, 6.45) is 2.30.